The summed E-state index contributed by atoms with van der Waals surface area (Å²) in [5.41, 5.74) is 0. The van der Waals surface area contributed by atoms with Gasteiger partial charge in [-0.25, -0.2) is 0 Å². The Morgan fingerprint density at radius 1 is 1.00 bits per heavy atom. The summed E-state index contributed by atoms with van der Waals surface area (Å²) in [7, 11) is 0. The fourth-order valence-electron chi connectivity index (χ4n) is 4.05. The average Bonchev–Trinajstić information content (AvgIpc) is 2.48. The van der Waals surface area contributed by atoms with Crippen LogP contribution >= 0.6 is 0 Å². The van der Waals surface area contributed by atoms with Gasteiger partial charge in [0.1, 0.15) is 6.10 Å². The van der Waals surface area contributed by atoms with Gasteiger partial charge in [-0.1, -0.05) is 46.0 Å². The Hall–Kier alpha value is -0.530. The molecule has 2 nitrogen and oxygen atoms in total. The standard InChI is InChI=1S/C18H32O2/c1-3-5-6-7-16-12-13-17(18(19)20-16)15-10-8-14(4-2)9-11-15/h14-17H,3-13H2,1-2H3. The van der Waals surface area contributed by atoms with Crippen LogP contribution in [0.1, 0.15) is 84.5 Å². The molecule has 1 aliphatic carbocycles. The van der Waals surface area contributed by atoms with Gasteiger partial charge in [-0.15, -0.1) is 0 Å². The Balaban J connectivity index is 1.74. The van der Waals surface area contributed by atoms with Gasteiger partial charge in [-0.2, -0.15) is 0 Å². The lowest BCUT2D eigenvalue weighted by molar-refractivity contribution is -0.164. The van der Waals surface area contributed by atoms with E-state index >= 15 is 0 Å². The lowest BCUT2D eigenvalue weighted by atomic mass is 9.73. The van der Waals surface area contributed by atoms with E-state index in [-0.39, 0.29) is 18.0 Å². The topological polar surface area (TPSA) is 26.3 Å². The predicted molar refractivity (Wildman–Crippen MR) is 82.5 cm³/mol. The monoisotopic (exact) mass is 280 g/mol. The van der Waals surface area contributed by atoms with Crippen molar-refractivity contribution in [1.29, 1.82) is 0 Å². The van der Waals surface area contributed by atoms with E-state index < -0.39 is 0 Å². The number of carbonyl (C=O) groups excluding carboxylic acids is 1. The molecule has 0 radical (unpaired) electrons. The van der Waals surface area contributed by atoms with E-state index in [1.165, 1.54) is 51.4 Å². The van der Waals surface area contributed by atoms with Crippen LogP contribution in [0.5, 0.6) is 0 Å². The fourth-order valence-corrected chi connectivity index (χ4v) is 4.05. The zero-order valence-corrected chi connectivity index (χ0v) is 13.4. The zero-order chi connectivity index (χ0) is 14.4. The van der Waals surface area contributed by atoms with Crippen molar-refractivity contribution >= 4 is 5.97 Å². The highest BCUT2D eigenvalue weighted by Gasteiger charge is 2.36. The molecule has 20 heavy (non-hydrogen) atoms. The first-order valence-electron chi connectivity index (χ1n) is 8.95. The van der Waals surface area contributed by atoms with E-state index in [1.807, 2.05) is 0 Å². The highest BCUT2D eigenvalue weighted by atomic mass is 16.5. The van der Waals surface area contributed by atoms with Crippen molar-refractivity contribution in [3.05, 3.63) is 0 Å². The molecule has 2 aliphatic rings. The smallest absolute Gasteiger partial charge is 0.309 e. The molecule has 0 spiro atoms. The largest absolute Gasteiger partial charge is 0.462 e. The van der Waals surface area contributed by atoms with Gasteiger partial charge in [0.25, 0.3) is 0 Å². The molecule has 0 bridgehead atoms. The molecule has 1 saturated carbocycles. The van der Waals surface area contributed by atoms with Crippen LogP contribution in [-0.4, -0.2) is 12.1 Å². The van der Waals surface area contributed by atoms with Gasteiger partial charge in [0.05, 0.1) is 5.92 Å². The van der Waals surface area contributed by atoms with Gasteiger partial charge in [-0.05, 0) is 50.4 Å². The van der Waals surface area contributed by atoms with Gasteiger partial charge in [-0.3, -0.25) is 4.79 Å². The molecule has 1 saturated heterocycles. The van der Waals surface area contributed by atoms with Gasteiger partial charge in [0, 0.05) is 0 Å². The van der Waals surface area contributed by atoms with Gasteiger partial charge < -0.3 is 4.74 Å². The Bertz CT molecular complexity index is 292. The van der Waals surface area contributed by atoms with E-state index in [2.05, 4.69) is 13.8 Å². The van der Waals surface area contributed by atoms with Crippen molar-refractivity contribution in [3.63, 3.8) is 0 Å². The second-order valence-corrected chi connectivity index (χ2v) is 6.93. The van der Waals surface area contributed by atoms with Crippen LogP contribution in [0, 0.1) is 17.8 Å². The highest BCUT2D eigenvalue weighted by Crippen LogP contribution is 2.39. The lowest BCUT2D eigenvalue weighted by Gasteiger charge is -2.36. The number of esters is 1. The number of rotatable bonds is 6. The molecule has 2 atom stereocenters. The van der Waals surface area contributed by atoms with Gasteiger partial charge in [0.2, 0.25) is 0 Å². The molecule has 116 valence electrons. The third kappa shape index (κ3) is 4.23. The Labute approximate surface area is 124 Å². The maximum absolute atomic E-state index is 12.3. The Kier molecular flexibility index (Phi) is 6.38. The number of cyclic esters (lactones) is 1. The number of hydrogen-bond acceptors (Lipinski definition) is 2. The quantitative estimate of drug-likeness (QED) is 0.499. The molecule has 0 aromatic heterocycles. The average molecular weight is 280 g/mol. The van der Waals surface area contributed by atoms with Crippen LogP contribution in [-0.2, 0) is 9.53 Å². The molecule has 1 heterocycles. The van der Waals surface area contributed by atoms with Crippen molar-refractivity contribution in [2.45, 2.75) is 90.6 Å². The minimum Gasteiger partial charge on any atom is -0.462 e. The zero-order valence-electron chi connectivity index (χ0n) is 13.4. The Morgan fingerprint density at radius 2 is 1.75 bits per heavy atom. The summed E-state index contributed by atoms with van der Waals surface area (Å²) < 4.78 is 5.71. The van der Waals surface area contributed by atoms with Crippen LogP contribution in [0.4, 0.5) is 0 Å². The summed E-state index contributed by atoms with van der Waals surface area (Å²) in [6, 6.07) is 0. The molecular formula is C18H32O2. The molecule has 2 heteroatoms. The molecule has 2 fully saturated rings. The molecule has 2 rings (SSSR count). The van der Waals surface area contributed by atoms with E-state index in [0.29, 0.717) is 5.92 Å². The Morgan fingerprint density at radius 3 is 2.35 bits per heavy atom. The van der Waals surface area contributed by atoms with Crippen molar-refractivity contribution < 1.29 is 9.53 Å². The maximum Gasteiger partial charge on any atom is 0.309 e. The molecule has 0 aromatic carbocycles. The number of carbonyl (C=O) groups is 1. The van der Waals surface area contributed by atoms with Crippen LogP contribution < -0.4 is 0 Å². The lowest BCUT2D eigenvalue weighted by Crippen LogP contribution is -2.36. The van der Waals surface area contributed by atoms with E-state index in [1.54, 1.807) is 0 Å². The van der Waals surface area contributed by atoms with Crippen LogP contribution in [0.15, 0.2) is 0 Å². The first-order valence-corrected chi connectivity index (χ1v) is 8.95. The number of hydrogen-bond donors (Lipinski definition) is 0. The van der Waals surface area contributed by atoms with Gasteiger partial charge in [0.15, 0.2) is 0 Å². The third-order valence-corrected chi connectivity index (χ3v) is 5.55. The molecule has 0 amide bonds. The van der Waals surface area contributed by atoms with E-state index in [4.69, 9.17) is 4.74 Å². The van der Waals surface area contributed by atoms with Crippen LogP contribution in [0.25, 0.3) is 0 Å². The van der Waals surface area contributed by atoms with Crippen LogP contribution in [0.2, 0.25) is 0 Å². The van der Waals surface area contributed by atoms with Crippen molar-refractivity contribution in [2.75, 3.05) is 0 Å². The highest BCUT2D eigenvalue weighted by molar-refractivity contribution is 5.73. The third-order valence-electron chi connectivity index (χ3n) is 5.55. The first-order chi connectivity index (χ1) is 9.74. The number of ether oxygens (including phenoxy) is 1. The molecule has 0 aromatic rings. The van der Waals surface area contributed by atoms with Crippen LogP contribution in [0.3, 0.4) is 0 Å². The predicted octanol–water partition coefficient (Wildman–Crippen LogP) is 5.10. The minimum absolute atomic E-state index is 0.123. The summed E-state index contributed by atoms with van der Waals surface area (Å²) in [6.07, 6.45) is 13.6. The minimum atomic E-state index is 0.123. The summed E-state index contributed by atoms with van der Waals surface area (Å²) >= 11 is 0. The first kappa shape index (κ1) is 15.9. The van der Waals surface area contributed by atoms with Crippen molar-refractivity contribution in [2.24, 2.45) is 17.8 Å². The van der Waals surface area contributed by atoms with E-state index in [0.717, 1.165) is 25.2 Å². The van der Waals surface area contributed by atoms with Crippen molar-refractivity contribution in [1.82, 2.24) is 0 Å². The summed E-state index contributed by atoms with van der Waals surface area (Å²) in [6.45, 7) is 4.51. The molecule has 2 unspecified atom stereocenters. The van der Waals surface area contributed by atoms with E-state index in [9.17, 15) is 4.79 Å². The number of unbranched alkanes of at least 4 members (excludes halogenated alkanes) is 2. The second kappa shape index (κ2) is 8.05. The molecule has 1 aliphatic heterocycles. The van der Waals surface area contributed by atoms with Crippen molar-refractivity contribution in [3.8, 4) is 0 Å². The maximum atomic E-state index is 12.3. The second-order valence-electron chi connectivity index (χ2n) is 6.93. The summed E-state index contributed by atoms with van der Waals surface area (Å²) in [5.74, 6) is 1.86. The molecular weight excluding hydrogens is 248 g/mol. The summed E-state index contributed by atoms with van der Waals surface area (Å²) in [4.78, 5) is 12.3. The SMILES string of the molecule is CCCCCC1CCC(C2CCC(CC)CC2)C(=O)O1. The van der Waals surface area contributed by atoms with Gasteiger partial charge >= 0.3 is 5.97 Å². The molecule has 0 N–H and O–H groups in total. The fraction of sp³-hybridized carbons (Fsp3) is 0.944. The normalized spacial score (nSPS) is 34.8. The summed E-state index contributed by atoms with van der Waals surface area (Å²) in [5, 5.41) is 0.